The first kappa shape index (κ1) is 17.3. The van der Waals surface area contributed by atoms with Gasteiger partial charge in [0, 0.05) is 6.54 Å². The molecule has 0 aromatic heterocycles. The molecule has 126 valence electrons. The van der Waals surface area contributed by atoms with E-state index in [2.05, 4.69) is 5.32 Å². The summed E-state index contributed by atoms with van der Waals surface area (Å²) in [7, 11) is -3.41. The molecule has 1 amide bonds. The maximum Gasteiger partial charge on any atom is 0.407 e. The third-order valence-electron chi connectivity index (χ3n) is 3.84. The van der Waals surface area contributed by atoms with Gasteiger partial charge in [0.25, 0.3) is 0 Å². The van der Waals surface area contributed by atoms with Crippen LogP contribution in [0.15, 0.2) is 30.3 Å². The number of nitrogens with one attached hydrogen (secondary N) is 1. The molecule has 1 aromatic carbocycles. The van der Waals surface area contributed by atoms with Crippen LogP contribution in [0.1, 0.15) is 18.4 Å². The molecular weight excluding hydrogens is 322 g/mol. The first-order valence-electron chi connectivity index (χ1n) is 7.21. The molecule has 1 aromatic rings. The number of amides is 1. The first-order chi connectivity index (χ1) is 10.8. The zero-order chi connectivity index (χ0) is 16.9. The van der Waals surface area contributed by atoms with Crippen LogP contribution in [0.25, 0.3) is 0 Å². The van der Waals surface area contributed by atoms with Gasteiger partial charge in [-0.2, -0.15) is 0 Å². The third-order valence-corrected chi connectivity index (χ3v) is 5.75. The minimum atomic E-state index is -3.41. The van der Waals surface area contributed by atoms with Crippen LogP contribution in [-0.2, 0) is 26.0 Å². The lowest BCUT2D eigenvalue weighted by Gasteiger charge is -2.32. The molecule has 1 fully saturated rings. The fraction of sp³-hybridized carbons (Fsp3) is 0.467. The standard InChI is InChI=1S/C15H19NO6S/c17-13(18)15(7-4-8-23(20,21)11-15)10-16-14(19)22-9-12-5-2-1-3-6-12/h1-3,5-6H,4,7-11H2,(H,16,19)(H,17,18). The van der Waals surface area contributed by atoms with E-state index in [1.165, 1.54) is 0 Å². The van der Waals surface area contributed by atoms with Crippen molar-refractivity contribution in [2.24, 2.45) is 5.41 Å². The van der Waals surface area contributed by atoms with Crippen molar-refractivity contribution in [1.82, 2.24) is 5.32 Å². The molecule has 1 heterocycles. The number of carboxylic acid groups (broad SMARTS) is 1. The quantitative estimate of drug-likeness (QED) is 0.832. The smallest absolute Gasteiger partial charge is 0.407 e. The van der Waals surface area contributed by atoms with Gasteiger partial charge >= 0.3 is 12.1 Å². The van der Waals surface area contributed by atoms with Crippen molar-refractivity contribution >= 4 is 21.9 Å². The van der Waals surface area contributed by atoms with Crippen molar-refractivity contribution in [2.45, 2.75) is 19.4 Å². The highest BCUT2D eigenvalue weighted by molar-refractivity contribution is 7.91. The first-order valence-corrected chi connectivity index (χ1v) is 9.04. The zero-order valence-corrected chi connectivity index (χ0v) is 13.3. The predicted molar refractivity (Wildman–Crippen MR) is 82.6 cm³/mol. The molecule has 23 heavy (non-hydrogen) atoms. The largest absolute Gasteiger partial charge is 0.481 e. The van der Waals surface area contributed by atoms with E-state index < -0.39 is 33.1 Å². The number of carbonyl (C=O) groups is 2. The lowest BCUT2D eigenvalue weighted by Crippen LogP contribution is -2.50. The van der Waals surface area contributed by atoms with Gasteiger partial charge in [0.15, 0.2) is 9.84 Å². The summed E-state index contributed by atoms with van der Waals surface area (Å²) in [5, 5.41) is 11.8. The fourth-order valence-corrected chi connectivity index (χ4v) is 4.54. The van der Waals surface area contributed by atoms with E-state index in [1.807, 2.05) is 18.2 Å². The van der Waals surface area contributed by atoms with Crippen LogP contribution < -0.4 is 5.32 Å². The Hall–Kier alpha value is -2.09. The van der Waals surface area contributed by atoms with Crippen LogP contribution in [0.5, 0.6) is 0 Å². The number of hydrogen-bond acceptors (Lipinski definition) is 5. The highest BCUT2D eigenvalue weighted by Crippen LogP contribution is 2.31. The molecule has 7 nitrogen and oxygen atoms in total. The molecule has 0 saturated carbocycles. The maximum absolute atomic E-state index is 11.7. The molecule has 0 aliphatic carbocycles. The lowest BCUT2D eigenvalue weighted by atomic mass is 9.85. The third kappa shape index (κ3) is 4.69. The summed E-state index contributed by atoms with van der Waals surface area (Å²) in [4.78, 5) is 23.2. The van der Waals surface area contributed by atoms with Gasteiger partial charge in [-0.3, -0.25) is 4.79 Å². The van der Waals surface area contributed by atoms with Crippen LogP contribution in [0.4, 0.5) is 4.79 Å². The SMILES string of the molecule is O=C(NCC1(C(=O)O)CCCS(=O)(=O)C1)OCc1ccccc1. The Morgan fingerprint density at radius 1 is 1.26 bits per heavy atom. The number of aliphatic carboxylic acids is 1. The van der Waals surface area contributed by atoms with Gasteiger partial charge in [-0.25, -0.2) is 13.2 Å². The van der Waals surface area contributed by atoms with E-state index in [4.69, 9.17) is 4.74 Å². The minimum absolute atomic E-state index is 0.0134. The molecule has 0 bridgehead atoms. The second-order valence-corrected chi connectivity index (χ2v) is 7.88. The van der Waals surface area contributed by atoms with E-state index in [0.29, 0.717) is 0 Å². The number of carbonyl (C=O) groups excluding carboxylic acids is 1. The summed E-state index contributed by atoms with van der Waals surface area (Å²) >= 11 is 0. The number of carboxylic acids is 1. The second-order valence-electron chi connectivity index (χ2n) is 5.70. The average molecular weight is 341 g/mol. The van der Waals surface area contributed by atoms with Crippen molar-refractivity contribution in [3.8, 4) is 0 Å². The Labute approximate surface area is 134 Å². The highest BCUT2D eigenvalue weighted by Gasteiger charge is 2.45. The number of ether oxygens (including phenoxy) is 1. The van der Waals surface area contributed by atoms with E-state index in [-0.39, 0.29) is 31.7 Å². The Balaban J connectivity index is 1.91. The monoisotopic (exact) mass is 341 g/mol. The molecule has 1 aliphatic rings. The summed E-state index contributed by atoms with van der Waals surface area (Å²) in [5.41, 5.74) is -0.682. The van der Waals surface area contributed by atoms with E-state index in [9.17, 15) is 23.1 Å². The van der Waals surface area contributed by atoms with Crippen LogP contribution in [0, 0.1) is 5.41 Å². The van der Waals surface area contributed by atoms with Crippen molar-refractivity contribution in [3.63, 3.8) is 0 Å². The Morgan fingerprint density at radius 3 is 2.57 bits per heavy atom. The summed E-state index contributed by atoms with van der Waals surface area (Å²) in [6.45, 7) is -0.208. The average Bonchev–Trinajstić information content (AvgIpc) is 2.51. The van der Waals surface area contributed by atoms with Crippen molar-refractivity contribution < 1.29 is 27.9 Å². The Morgan fingerprint density at radius 2 is 1.96 bits per heavy atom. The second kappa shape index (κ2) is 6.99. The van der Waals surface area contributed by atoms with E-state index >= 15 is 0 Å². The van der Waals surface area contributed by atoms with Gasteiger partial charge in [-0.15, -0.1) is 0 Å². The molecule has 2 rings (SSSR count). The van der Waals surface area contributed by atoms with Crippen LogP contribution in [0.2, 0.25) is 0 Å². The van der Waals surface area contributed by atoms with Gasteiger partial charge in [-0.05, 0) is 18.4 Å². The molecular formula is C15H19NO6S. The number of alkyl carbamates (subject to hydrolysis) is 1. The van der Waals surface area contributed by atoms with E-state index in [0.717, 1.165) is 5.56 Å². The number of sulfone groups is 1. The molecule has 2 N–H and O–H groups in total. The van der Waals surface area contributed by atoms with Gasteiger partial charge in [0.2, 0.25) is 0 Å². The lowest BCUT2D eigenvalue weighted by molar-refractivity contribution is -0.147. The normalized spacial score (nSPS) is 23.0. The zero-order valence-electron chi connectivity index (χ0n) is 12.5. The van der Waals surface area contributed by atoms with Crippen molar-refractivity contribution in [2.75, 3.05) is 18.1 Å². The number of rotatable bonds is 5. The van der Waals surface area contributed by atoms with Gasteiger partial charge in [0.1, 0.15) is 6.61 Å². The van der Waals surface area contributed by atoms with Crippen LogP contribution >= 0.6 is 0 Å². The molecule has 0 radical (unpaired) electrons. The predicted octanol–water partition coefficient (Wildman–Crippen LogP) is 1.19. The number of benzene rings is 1. The van der Waals surface area contributed by atoms with E-state index in [1.54, 1.807) is 12.1 Å². The molecule has 1 unspecified atom stereocenters. The molecule has 8 heteroatoms. The summed E-state index contributed by atoms with van der Waals surface area (Å²) in [6, 6.07) is 9.04. The van der Waals surface area contributed by atoms with Crippen molar-refractivity contribution in [1.29, 1.82) is 0 Å². The fourth-order valence-electron chi connectivity index (χ4n) is 2.59. The Kier molecular flexibility index (Phi) is 5.25. The Bertz CT molecular complexity index is 672. The van der Waals surface area contributed by atoms with Crippen LogP contribution in [-0.4, -0.2) is 43.6 Å². The van der Waals surface area contributed by atoms with Crippen molar-refractivity contribution in [3.05, 3.63) is 35.9 Å². The minimum Gasteiger partial charge on any atom is -0.481 e. The van der Waals surface area contributed by atoms with Gasteiger partial charge in [-0.1, -0.05) is 30.3 Å². The summed E-state index contributed by atoms with van der Waals surface area (Å²) < 4.78 is 28.4. The molecule has 1 saturated heterocycles. The summed E-state index contributed by atoms with van der Waals surface area (Å²) in [5.74, 6) is -1.70. The highest BCUT2D eigenvalue weighted by atomic mass is 32.2. The van der Waals surface area contributed by atoms with Gasteiger partial charge < -0.3 is 15.2 Å². The summed E-state index contributed by atoms with van der Waals surface area (Å²) in [6.07, 6.45) is -0.284. The van der Waals surface area contributed by atoms with Crippen LogP contribution in [0.3, 0.4) is 0 Å². The maximum atomic E-state index is 11.7. The number of hydrogen-bond donors (Lipinski definition) is 2. The molecule has 0 spiro atoms. The molecule has 1 aliphatic heterocycles. The van der Waals surface area contributed by atoms with Gasteiger partial charge in [0.05, 0.1) is 16.9 Å². The topological polar surface area (TPSA) is 110 Å². The molecule has 1 atom stereocenters.